The molecule has 0 aliphatic carbocycles. The molecule has 0 atom stereocenters. The van der Waals surface area contributed by atoms with Crippen LogP contribution in [0.5, 0.6) is 0 Å². The van der Waals surface area contributed by atoms with E-state index in [0.29, 0.717) is 9.74 Å². The van der Waals surface area contributed by atoms with E-state index < -0.39 is 0 Å². The number of hydrogen-bond acceptors (Lipinski definition) is 3. The highest BCUT2D eigenvalue weighted by atomic mass is 32.2. The molecule has 1 aromatic rings. The summed E-state index contributed by atoms with van der Waals surface area (Å²) in [4.78, 5) is 3.01. The molecule has 2 N–H and O–H groups in total. The van der Waals surface area contributed by atoms with Crippen LogP contribution >= 0.6 is 24.0 Å². The van der Waals surface area contributed by atoms with Crippen molar-refractivity contribution in [2.24, 2.45) is 5.73 Å². The normalized spacial score (nSPS) is 19.9. The third-order valence-electron chi connectivity index (χ3n) is 3.55. The molecule has 2 nitrogen and oxygen atoms in total. The van der Waals surface area contributed by atoms with Gasteiger partial charge in [-0.1, -0.05) is 44.3 Å². The Labute approximate surface area is 125 Å². The van der Waals surface area contributed by atoms with Crippen LogP contribution in [0.15, 0.2) is 24.3 Å². The number of nitrogens with zero attached hydrogens (tertiary/aromatic N) is 1. The van der Waals surface area contributed by atoms with E-state index in [-0.39, 0.29) is 0 Å². The van der Waals surface area contributed by atoms with Gasteiger partial charge in [-0.3, -0.25) is 4.90 Å². The summed E-state index contributed by atoms with van der Waals surface area (Å²) >= 11 is 7.12. The molecule has 0 radical (unpaired) electrons. The minimum absolute atomic E-state index is 0.412. The van der Waals surface area contributed by atoms with Crippen LogP contribution in [0.4, 0.5) is 0 Å². The Hall–Kier alpha value is -0.580. The average Bonchev–Trinajstić information content (AvgIpc) is 2.51. The van der Waals surface area contributed by atoms with Crippen molar-refractivity contribution >= 4 is 29.0 Å². The maximum absolute atomic E-state index is 5.69. The van der Waals surface area contributed by atoms with Crippen molar-refractivity contribution in [2.45, 2.75) is 31.6 Å². The quantitative estimate of drug-likeness (QED) is 0.868. The molecule has 0 amide bonds. The summed E-state index contributed by atoms with van der Waals surface area (Å²) in [6.07, 6.45) is 1.24. The highest BCUT2D eigenvalue weighted by molar-refractivity contribution is 8.00. The Morgan fingerprint density at radius 2 is 2.21 bits per heavy atom. The number of thioether (sulfide) groups is 1. The fourth-order valence-corrected chi connectivity index (χ4v) is 3.57. The van der Waals surface area contributed by atoms with E-state index in [1.54, 1.807) is 0 Å². The van der Waals surface area contributed by atoms with E-state index in [1.165, 1.54) is 17.7 Å². The van der Waals surface area contributed by atoms with E-state index >= 15 is 0 Å². The molecule has 104 valence electrons. The fraction of sp³-hybridized carbons (Fsp3) is 0.533. The second-order valence-electron chi connectivity index (χ2n) is 5.70. The minimum Gasteiger partial charge on any atom is -0.389 e. The van der Waals surface area contributed by atoms with Gasteiger partial charge >= 0.3 is 0 Å². The molecule has 1 aromatic carbocycles. The summed E-state index contributed by atoms with van der Waals surface area (Å²) in [5.41, 5.74) is 7.96. The molecule has 0 saturated carbocycles. The summed E-state index contributed by atoms with van der Waals surface area (Å²) < 4.78 is 0.412. The topological polar surface area (TPSA) is 29.3 Å². The Kier molecular flexibility index (Phi) is 4.87. The van der Waals surface area contributed by atoms with Gasteiger partial charge in [0.15, 0.2) is 0 Å². The molecular formula is C15H22N2S2. The van der Waals surface area contributed by atoms with Gasteiger partial charge in [-0.25, -0.2) is 0 Å². The summed E-state index contributed by atoms with van der Waals surface area (Å²) in [6.45, 7) is 8.00. The average molecular weight is 294 g/mol. The van der Waals surface area contributed by atoms with Crippen LogP contribution in [0.2, 0.25) is 0 Å². The SMILES string of the molecule is CC1(C)CCN(Cc2cccc(C(N)=S)c2)CCS1. The molecule has 2 rings (SSSR count). The molecule has 1 aliphatic heterocycles. The number of benzene rings is 1. The van der Waals surface area contributed by atoms with Gasteiger partial charge in [-0.05, 0) is 24.6 Å². The van der Waals surface area contributed by atoms with Crippen LogP contribution in [0.25, 0.3) is 0 Å². The summed E-state index contributed by atoms with van der Waals surface area (Å²) in [6, 6.07) is 8.30. The first-order valence-corrected chi connectivity index (χ1v) is 8.11. The van der Waals surface area contributed by atoms with Crippen molar-refractivity contribution in [3.8, 4) is 0 Å². The van der Waals surface area contributed by atoms with Crippen LogP contribution in [0, 0.1) is 0 Å². The number of nitrogens with two attached hydrogens (primary N) is 1. The van der Waals surface area contributed by atoms with E-state index in [9.17, 15) is 0 Å². The van der Waals surface area contributed by atoms with E-state index in [1.807, 2.05) is 12.1 Å². The van der Waals surface area contributed by atoms with Gasteiger partial charge in [0.05, 0.1) is 0 Å². The molecule has 0 aromatic heterocycles. The smallest absolute Gasteiger partial charge is 0.103 e. The van der Waals surface area contributed by atoms with Crippen molar-refractivity contribution in [2.75, 3.05) is 18.8 Å². The summed E-state index contributed by atoms with van der Waals surface area (Å²) in [5.74, 6) is 1.21. The molecule has 1 aliphatic rings. The van der Waals surface area contributed by atoms with Crippen LogP contribution in [0.1, 0.15) is 31.4 Å². The number of rotatable bonds is 3. The zero-order chi connectivity index (χ0) is 13.9. The minimum atomic E-state index is 0.412. The molecule has 0 bridgehead atoms. The number of thiocarbonyl (C=S) groups is 1. The summed E-state index contributed by atoms with van der Waals surface area (Å²) in [7, 11) is 0. The van der Waals surface area contributed by atoms with E-state index in [2.05, 4.69) is 42.6 Å². The van der Waals surface area contributed by atoms with Crippen LogP contribution in [-0.2, 0) is 6.54 Å². The molecule has 4 heteroatoms. The Morgan fingerprint density at radius 3 is 2.95 bits per heavy atom. The third-order valence-corrected chi connectivity index (χ3v) is 5.16. The van der Waals surface area contributed by atoms with Gasteiger partial charge in [0.2, 0.25) is 0 Å². The third kappa shape index (κ3) is 4.48. The van der Waals surface area contributed by atoms with Gasteiger partial charge in [0.25, 0.3) is 0 Å². The fourth-order valence-electron chi connectivity index (χ4n) is 2.30. The van der Waals surface area contributed by atoms with Gasteiger partial charge in [-0.2, -0.15) is 11.8 Å². The highest BCUT2D eigenvalue weighted by Gasteiger charge is 2.23. The second kappa shape index (κ2) is 6.25. The van der Waals surface area contributed by atoms with Crippen LogP contribution < -0.4 is 5.73 Å². The van der Waals surface area contributed by atoms with E-state index in [4.69, 9.17) is 18.0 Å². The molecule has 1 fully saturated rings. The molecule has 19 heavy (non-hydrogen) atoms. The van der Waals surface area contributed by atoms with Gasteiger partial charge in [0, 0.05) is 29.2 Å². The first kappa shape index (κ1) is 14.8. The maximum Gasteiger partial charge on any atom is 0.103 e. The van der Waals surface area contributed by atoms with Crippen molar-refractivity contribution < 1.29 is 0 Å². The van der Waals surface area contributed by atoms with Gasteiger partial charge in [0.1, 0.15) is 4.99 Å². The second-order valence-corrected chi connectivity index (χ2v) is 7.94. The zero-order valence-corrected chi connectivity index (χ0v) is 13.3. The van der Waals surface area contributed by atoms with Gasteiger partial charge in [-0.15, -0.1) is 0 Å². The Balaban J connectivity index is 2.01. The molecular weight excluding hydrogens is 272 g/mol. The van der Waals surface area contributed by atoms with Crippen molar-refractivity contribution in [3.05, 3.63) is 35.4 Å². The molecule has 1 heterocycles. The van der Waals surface area contributed by atoms with Crippen molar-refractivity contribution in [1.29, 1.82) is 0 Å². The first-order chi connectivity index (χ1) is 8.96. The first-order valence-electron chi connectivity index (χ1n) is 6.71. The molecule has 1 saturated heterocycles. The van der Waals surface area contributed by atoms with Crippen molar-refractivity contribution in [1.82, 2.24) is 4.90 Å². The van der Waals surface area contributed by atoms with E-state index in [0.717, 1.165) is 25.2 Å². The highest BCUT2D eigenvalue weighted by Crippen LogP contribution is 2.31. The van der Waals surface area contributed by atoms with Crippen LogP contribution in [-0.4, -0.2) is 33.5 Å². The Morgan fingerprint density at radius 1 is 1.42 bits per heavy atom. The molecule has 0 unspecified atom stereocenters. The standard InChI is InChI=1S/C15H22N2S2/c1-15(2)6-7-17(8-9-19-15)11-12-4-3-5-13(10-12)14(16)18/h3-5,10H,6-9,11H2,1-2H3,(H2,16,18). The summed E-state index contributed by atoms with van der Waals surface area (Å²) in [5, 5.41) is 0. The lowest BCUT2D eigenvalue weighted by Crippen LogP contribution is -2.27. The monoisotopic (exact) mass is 294 g/mol. The zero-order valence-electron chi connectivity index (χ0n) is 11.7. The maximum atomic E-state index is 5.69. The predicted octanol–water partition coefficient (Wildman–Crippen LogP) is 3.04. The van der Waals surface area contributed by atoms with Crippen LogP contribution in [0.3, 0.4) is 0 Å². The van der Waals surface area contributed by atoms with Crippen molar-refractivity contribution in [3.63, 3.8) is 0 Å². The lowest BCUT2D eigenvalue weighted by molar-refractivity contribution is 0.276. The molecule has 0 spiro atoms. The lowest BCUT2D eigenvalue weighted by atomic mass is 10.1. The largest absolute Gasteiger partial charge is 0.389 e. The lowest BCUT2D eigenvalue weighted by Gasteiger charge is -2.22. The number of hydrogen-bond donors (Lipinski definition) is 1. The predicted molar refractivity (Wildman–Crippen MR) is 88.8 cm³/mol. The Bertz CT molecular complexity index is 457. The van der Waals surface area contributed by atoms with Gasteiger partial charge < -0.3 is 5.73 Å².